The molecule has 0 aromatic rings. The van der Waals surface area contributed by atoms with Crippen LogP contribution in [0.3, 0.4) is 0 Å². The fourth-order valence-electron chi connectivity index (χ4n) is 3.99. The molecular weight excluding hydrogens is 443 g/mol. The maximum absolute atomic E-state index is 3.70. The van der Waals surface area contributed by atoms with Crippen molar-refractivity contribution in [1.29, 1.82) is 0 Å². The molecule has 0 N–H and O–H groups in total. The van der Waals surface area contributed by atoms with Gasteiger partial charge in [-0.05, 0) is 30.9 Å². The molecule has 2 aliphatic rings. The van der Waals surface area contributed by atoms with Crippen LogP contribution in [0.5, 0.6) is 0 Å². The molecule has 5 heteroatoms. The first kappa shape index (κ1) is 30.0. The van der Waals surface area contributed by atoms with E-state index in [1.165, 1.54) is 35.8 Å². The van der Waals surface area contributed by atoms with Crippen molar-refractivity contribution in [2.75, 3.05) is 5.75 Å². The molecule has 1 unspecified atom stereocenters. The molecule has 1 atom stereocenters. The molecule has 2 aliphatic carbocycles. The van der Waals surface area contributed by atoms with Crippen LogP contribution in [0.2, 0.25) is 13.1 Å². The van der Waals surface area contributed by atoms with Crippen molar-refractivity contribution in [3.8, 4) is 0 Å². The molecule has 0 aliphatic heterocycles. The van der Waals surface area contributed by atoms with E-state index in [0.717, 1.165) is 6.42 Å². The maximum Gasteiger partial charge on any atom is 3.00 e. The minimum absolute atomic E-state index is 0. The van der Waals surface area contributed by atoms with Crippen molar-refractivity contribution < 1.29 is 46.5 Å². The third-order valence-corrected chi connectivity index (χ3v) is 13.1. The molecule has 1 radical (unpaired) electrons. The van der Waals surface area contributed by atoms with Crippen LogP contribution < -0.4 is 24.8 Å². The first-order valence-corrected chi connectivity index (χ1v) is 13.4. The van der Waals surface area contributed by atoms with Crippen molar-refractivity contribution in [2.24, 2.45) is 5.41 Å². The fourth-order valence-corrected chi connectivity index (χ4v) is 10.8. The molecule has 0 bridgehead atoms. The predicted octanol–water partition coefficient (Wildman–Crippen LogP) is 1.06. The number of rotatable bonds is 6. The Hall–Kier alpha value is 0.821. The summed E-state index contributed by atoms with van der Waals surface area (Å²) in [4.78, 5) is 0. The van der Waals surface area contributed by atoms with E-state index in [0.29, 0.717) is 0 Å². The first-order valence-electron chi connectivity index (χ1n) is 9.46. The van der Waals surface area contributed by atoms with Gasteiger partial charge in [0.05, 0.1) is 8.07 Å². The summed E-state index contributed by atoms with van der Waals surface area (Å²) in [6.45, 7) is 16.9. The standard InChI is InChI=1S/C22H35SSi.2ClH.Ti/c1-8-9-16-23-22(24(6,7)19-12-10-11-13-19)15-14-18(2)17-20(22)21(3,4)5;;;/h10,12,14,17H,8-9,11,15-16H2,1-7H3;2*1H;/q-1;;;+3/p-2. The number of thioether (sulfide) groups is 1. The predicted molar refractivity (Wildman–Crippen MR) is 114 cm³/mol. The van der Waals surface area contributed by atoms with Crippen LogP contribution in [-0.4, -0.2) is 18.2 Å². The quantitative estimate of drug-likeness (QED) is 0.313. The molecule has 0 heterocycles. The van der Waals surface area contributed by atoms with E-state index in [2.05, 4.69) is 89.9 Å². The van der Waals surface area contributed by atoms with Gasteiger partial charge in [-0.25, -0.2) is 11.3 Å². The molecule has 0 amide bonds. The molecule has 151 valence electrons. The second-order valence-electron chi connectivity index (χ2n) is 8.81. The Balaban J connectivity index is 0. The third-order valence-electron chi connectivity index (χ3n) is 5.55. The van der Waals surface area contributed by atoms with Crippen molar-refractivity contribution in [3.63, 3.8) is 0 Å². The van der Waals surface area contributed by atoms with Crippen molar-refractivity contribution >= 4 is 19.8 Å². The van der Waals surface area contributed by atoms with E-state index < -0.39 is 8.07 Å². The molecule has 0 aromatic carbocycles. The molecule has 0 nitrogen and oxygen atoms in total. The molecule has 0 saturated heterocycles. The molecular formula is C22H35Cl2SSiTi. The van der Waals surface area contributed by atoms with Crippen molar-refractivity contribution in [1.82, 2.24) is 0 Å². The van der Waals surface area contributed by atoms with Gasteiger partial charge < -0.3 is 24.8 Å². The second-order valence-corrected chi connectivity index (χ2v) is 15.2. The Labute approximate surface area is 200 Å². The number of unbranched alkanes of at least 4 members (excludes halogenated alkanes) is 1. The Kier molecular flexibility index (Phi) is 13.2. The van der Waals surface area contributed by atoms with Crippen LogP contribution in [0.25, 0.3) is 0 Å². The summed E-state index contributed by atoms with van der Waals surface area (Å²) in [7, 11) is -1.70. The molecule has 0 spiro atoms. The molecule has 0 aromatic heterocycles. The Morgan fingerprint density at radius 3 is 2.33 bits per heavy atom. The van der Waals surface area contributed by atoms with E-state index >= 15 is 0 Å². The summed E-state index contributed by atoms with van der Waals surface area (Å²) in [6.07, 6.45) is 18.2. The molecule has 2 rings (SSSR count). The second kappa shape index (κ2) is 11.9. The van der Waals surface area contributed by atoms with Crippen LogP contribution in [-0.2, 0) is 21.7 Å². The van der Waals surface area contributed by atoms with E-state index in [9.17, 15) is 0 Å². The number of allylic oxidation sites excluding steroid dienone is 7. The van der Waals surface area contributed by atoms with Gasteiger partial charge in [0.2, 0.25) is 0 Å². The van der Waals surface area contributed by atoms with E-state index in [1.54, 1.807) is 5.57 Å². The average molecular weight is 478 g/mol. The minimum atomic E-state index is -1.70. The van der Waals surface area contributed by atoms with Crippen LogP contribution in [0, 0.1) is 11.5 Å². The van der Waals surface area contributed by atoms with E-state index in [4.69, 9.17) is 0 Å². The minimum Gasteiger partial charge on any atom is -1.00 e. The normalized spacial score (nSPS) is 22.0. The van der Waals surface area contributed by atoms with Gasteiger partial charge in [-0.3, -0.25) is 6.08 Å². The van der Waals surface area contributed by atoms with Gasteiger partial charge in [-0.15, -0.1) is 6.42 Å². The van der Waals surface area contributed by atoms with Crippen LogP contribution in [0.4, 0.5) is 0 Å². The summed E-state index contributed by atoms with van der Waals surface area (Å²) in [5.74, 6) is 1.27. The van der Waals surface area contributed by atoms with E-state index in [-0.39, 0.29) is 56.3 Å². The number of halogens is 2. The summed E-state index contributed by atoms with van der Waals surface area (Å²) in [5.41, 5.74) is 3.32. The SMILES string of the molecule is CCCCSC1([Si](C)(C)C2=[C-]CC=C2)CC=C(C)C=C1C(C)(C)C.[Cl-].[Cl-].[Ti+3]. The Bertz CT molecular complexity index is 600. The number of hydrogen-bond donors (Lipinski definition) is 0. The molecule has 0 fully saturated rings. The Morgan fingerprint density at radius 2 is 1.85 bits per heavy atom. The van der Waals surface area contributed by atoms with Crippen LogP contribution >= 0.6 is 11.8 Å². The smallest absolute Gasteiger partial charge is 1.00 e. The summed E-state index contributed by atoms with van der Waals surface area (Å²) < 4.78 is 0.261. The van der Waals surface area contributed by atoms with Crippen molar-refractivity contribution in [2.45, 2.75) is 77.8 Å². The van der Waals surface area contributed by atoms with Crippen LogP contribution in [0.15, 0.2) is 40.6 Å². The fraction of sp³-hybridized carbons (Fsp3) is 0.636. The summed E-state index contributed by atoms with van der Waals surface area (Å²) in [6, 6.07) is 0. The zero-order valence-electron chi connectivity index (χ0n) is 18.0. The van der Waals surface area contributed by atoms with Gasteiger partial charge in [0.1, 0.15) is 0 Å². The van der Waals surface area contributed by atoms with E-state index in [1.807, 2.05) is 0 Å². The van der Waals surface area contributed by atoms with Gasteiger partial charge in [0.25, 0.3) is 0 Å². The van der Waals surface area contributed by atoms with Gasteiger partial charge in [0, 0.05) is 4.37 Å². The summed E-state index contributed by atoms with van der Waals surface area (Å²) in [5, 5.41) is 1.54. The maximum atomic E-state index is 3.70. The third kappa shape index (κ3) is 6.40. The molecule has 0 saturated carbocycles. The largest absolute Gasteiger partial charge is 3.00 e. The zero-order valence-corrected chi connectivity index (χ0v) is 22.9. The van der Waals surface area contributed by atoms with Gasteiger partial charge >= 0.3 is 21.7 Å². The van der Waals surface area contributed by atoms with Gasteiger partial charge in [-0.1, -0.05) is 70.5 Å². The topological polar surface area (TPSA) is 0 Å². The first-order chi connectivity index (χ1) is 11.1. The average Bonchev–Trinajstić information content (AvgIpc) is 3.03. The summed E-state index contributed by atoms with van der Waals surface area (Å²) >= 11 is 2.25. The number of hydrogen-bond acceptors (Lipinski definition) is 1. The van der Waals surface area contributed by atoms with Gasteiger partial charge in [0.15, 0.2) is 0 Å². The zero-order chi connectivity index (χ0) is 18.0. The van der Waals surface area contributed by atoms with Gasteiger partial charge in [-0.2, -0.15) is 17.8 Å². The van der Waals surface area contributed by atoms with Crippen LogP contribution in [0.1, 0.15) is 60.3 Å². The Morgan fingerprint density at radius 1 is 1.22 bits per heavy atom. The monoisotopic (exact) mass is 477 g/mol. The molecule has 27 heavy (non-hydrogen) atoms. The van der Waals surface area contributed by atoms with Crippen molar-refractivity contribution in [3.05, 3.63) is 46.7 Å².